The summed E-state index contributed by atoms with van der Waals surface area (Å²) in [7, 11) is -1.04. The Labute approximate surface area is 182 Å². The molecule has 0 radical (unpaired) electrons. The highest BCUT2D eigenvalue weighted by Crippen LogP contribution is 2.43. The first-order valence-electron chi connectivity index (χ1n) is 9.17. The van der Waals surface area contributed by atoms with Gasteiger partial charge in [0, 0.05) is 15.8 Å². The molecule has 2 aromatic carbocycles. The van der Waals surface area contributed by atoms with E-state index >= 15 is 0 Å². The maximum Gasteiger partial charge on any atom is 0.454 e. The first-order chi connectivity index (χ1) is 14.2. The van der Waals surface area contributed by atoms with Crippen LogP contribution in [0.2, 0.25) is 5.82 Å². The van der Waals surface area contributed by atoms with Crippen LogP contribution in [0.3, 0.4) is 0 Å². The molecular weight excluding hydrogens is 457 g/mol. The minimum Gasteiger partial charge on any atom is -0.427 e. The Morgan fingerprint density at radius 3 is 1.80 bits per heavy atom. The van der Waals surface area contributed by atoms with Crippen LogP contribution in [-0.2, 0) is 0 Å². The number of nitriles is 2. The lowest BCUT2D eigenvalue weighted by Crippen LogP contribution is -2.09. The summed E-state index contributed by atoms with van der Waals surface area (Å²) in [4.78, 5) is 0. The van der Waals surface area contributed by atoms with Crippen molar-refractivity contribution in [2.24, 2.45) is 0 Å². The smallest absolute Gasteiger partial charge is 0.427 e. The van der Waals surface area contributed by atoms with E-state index in [9.17, 15) is 8.78 Å². The Morgan fingerprint density at radius 1 is 0.900 bits per heavy atom. The predicted octanol–water partition coefficient (Wildman–Crippen LogP) is 3.82. The van der Waals surface area contributed by atoms with E-state index in [1.165, 1.54) is 12.1 Å². The molecule has 0 aromatic heterocycles. The van der Waals surface area contributed by atoms with E-state index < -0.39 is 18.8 Å². The van der Waals surface area contributed by atoms with Crippen molar-refractivity contribution in [2.75, 3.05) is 11.5 Å². The zero-order valence-corrected chi connectivity index (χ0v) is 17.5. The van der Waals surface area contributed by atoms with Crippen LogP contribution in [0.4, 0.5) is 20.2 Å². The minimum atomic E-state index is -1.04. The zero-order chi connectivity index (χ0) is 22.4. The second kappa shape index (κ2) is 10.4. The van der Waals surface area contributed by atoms with Gasteiger partial charge < -0.3 is 21.5 Å². The minimum absolute atomic E-state index is 0.00826. The van der Waals surface area contributed by atoms with Gasteiger partial charge in [-0.05, 0) is 70.3 Å². The highest BCUT2D eigenvalue weighted by molar-refractivity contribution is 9.10. The highest BCUT2D eigenvalue weighted by atomic mass is 79.9. The fourth-order valence-corrected chi connectivity index (χ4v) is 2.82. The van der Waals surface area contributed by atoms with Gasteiger partial charge in [0.15, 0.2) is 0 Å². The molecule has 156 valence electrons. The molecule has 2 fully saturated rings. The maximum absolute atomic E-state index is 13.0. The number of nitrogens with zero attached hydrogens (tertiary/aromatic N) is 2. The summed E-state index contributed by atoms with van der Waals surface area (Å²) >= 11 is 3.08. The number of hydrogen-bond donors (Lipinski definition) is 4. The van der Waals surface area contributed by atoms with Crippen LogP contribution in [0.5, 0.6) is 0 Å². The Balaban J connectivity index is 0.000000171. The molecule has 0 spiro atoms. The van der Waals surface area contributed by atoms with Crippen molar-refractivity contribution >= 4 is 34.4 Å². The number of rotatable bonds is 2. The summed E-state index contributed by atoms with van der Waals surface area (Å²) in [5, 5.41) is 33.5. The molecule has 0 unspecified atom stereocenters. The Hall–Kier alpha value is -2.66. The van der Waals surface area contributed by atoms with Crippen LogP contribution in [0.25, 0.3) is 0 Å². The van der Waals surface area contributed by atoms with E-state index in [1.807, 2.05) is 6.07 Å². The molecule has 2 aliphatic rings. The topological polar surface area (TPSA) is 140 Å². The molecule has 0 atom stereocenters. The van der Waals surface area contributed by atoms with E-state index in [0.717, 1.165) is 37.3 Å². The third kappa shape index (κ3) is 6.70. The van der Waals surface area contributed by atoms with Gasteiger partial charge in [-0.25, -0.2) is 8.78 Å². The summed E-state index contributed by atoms with van der Waals surface area (Å²) in [6, 6.07) is 8.80. The van der Waals surface area contributed by atoms with Crippen molar-refractivity contribution in [1.29, 1.82) is 10.5 Å². The van der Waals surface area contributed by atoms with E-state index in [1.54, 1.807) is 12.1 Å². The fourth-order valence-electron chi connectivity index (χ4n) is 2.48. The molecular formula is C20H20BBrF2N4O2. The molecule has 6 N–H and O–H groups in total. The van der Waals surface area contributed by atoms with Gasteiger partial charge in [-0.2, -0.15) is 10.5 Å². The van der Waals surface area contributed by atoms with E-state index in [2.05, 4.69) is 15.9 Å². The molecule has 10 heteroatoms. The van der Waals surface area contributed by atoms with Crippen LogP contribution in [0.15, 0.2) is 28.7 Å². The Kier molecular flexibility index (Phi) is 8.19. The molecule has 0 saturated heterocycles. The summed E-state index contributed by atoms with van der Waals surface area (Å²) in [6.07, 6.45) is 4.19. The highest BCUT2D eigenvalue weighted by Gasteiger charge is 2.33. The van der Waals surface area contributed by atoms with Crippen molar-refractivity contribution in [3.63, 3.8) is 0 Å². The number of nitrogen functional groups attached to an aromatic ring is 2. The van der Waals surface area contributed by atoms with Crippen molar-refractivity contribution in [2.45, 2.75) is 37.4 Å². The van der Waals surface area contributed by atoms with Gasteiger partial charge in [0.05, 0.1) is 11.1 Å². The second-order valence-corrected chi connectivity index (χ2v) is 7.92. The van der Waals surface area contributed by atoms with Crippen LogP contribution in [0, 0.1) is 34.3 Å². The summed E-state index contributed by atoms with van der Waals surface area (Å²) in [5.74, 6) is -0.449. The molecule has 30 heavy (non-hydrogen) atoms. The molecule has 0 bridgehead atoms. The first-order valence-corrected chi connectivity index (χ1v) is 9.97. The second-order valence-electron chi connectivity index (χ2n) is 7.06. The Bertz CT molecular complexity index is 1000. The lowest BCUT2D eigenvalue weighted by Gasteiger charge is -2.04. The molecule has 4 rings (SSSR count). The normalized spacial score (nSPS) is 14.2. The van der Waals surface area contributed by atoms with Gasteiger partial charge in [0.2, 0.25) is 0 Å². The molecule has 6 nitrogen and oxygen atoms in total. The van der Waals surface area contributed by atoms with Crippen molar-refractivity contribution in [3.05, 3.63) is 57.1 Å². The van der Waals surface area contributed by atoms with Gasteiger partial charge >= 0.3 is 7.12 Å². The third-order valence-electron chi connectivity index (χ3n) is 4.56. The van der Waals surface area contributed by atoms with Gasteiger partial charge in [-0.3, -0.25) is 0 Å². The first kappa shape index (κ1) is 23.6. The van der Waals surface area contributed by atoms with Crippen LogP contribution in [-0.4, -0.2) is 17.2 Å². The fraction of sp³-hybridized carbons (Fsp3) is 0.300. The molecule has 0 aliphatic heterocycles. The predicted molar refractivity (Wildman–Crippen MR) is 114 cm³/mol. The van der Waals surface area contributed by atoms with Crippen LogP contribution in [0.1, 0.15) is 48.3 Å². The van der Waals surface area contributed by atoms with E-state index in [4.69, 9.17) is 32.0 Å². The zero-order valence-electron chi connectivity index (χ0n) is 15.9. The monoisotopic (exact) mass is 476 g/mol. The molecule has 2 aliphatic carbocycles. The van der Waals surface area contributed by atoms with Gasteiger partial charge in [0.1, 0.15) is 23.8 Å². The van der Waals surface area contributed by atoms with Crippen molar-refractivity contribution < 1.29 is 18.8 Å². The molecule has 0 amide bonds. The van der Waals surface area contributed by atoms with E-state index in [-0.39, 0.29) is 16.9 Å². The summed E-state index contributed by atoms with van der Waals surface area (Å²) in [5.41, 5.74) is 12.8. The van der Waals surface area contributed by atoms with Crippen LogP contribution >= 0.6 is 15.9 Å². The average Bonchev–Trinajstić information content (AvgIpc) is 3.57. The van der Waals surface area contributed by atoms with Crippen LogP contribution < -0.4 is 11.5 Å². The summed E-state index contributed by atoms with van der Waals surface area (Å²) in [6.45, 7) is 0. The number of halogens is 3. The Morgan fingerprint density at radius 2 is 1.40 bits per heavy atom. The van der Waals surface area contributed by atoms with Crippen molar-refractivity contribution in [1.82, 2.24) is 0 Å². The number of nitrogens with two attached hydrogens (primary N) is 2. The maximum atomic E-state index is 13.0. The number of hydrogen-bond acceptors (Lipinski definition) is 6. The number of benzene rings is 2. The van der Waals surface area contributed by atoms with Gasteiger partial charge in [0.25, 0.3) is 0 Å². The largest absolute Gasteiger partial charge is 0.454 e. The number of anilines is 2. The lowest BCUT2D eigenvalue weighted by atomic mass is 9.84. The molecule has 0 heterocycles. The standard InChI is InChI=1S/C10H9FN2.C7H4BrFN2.C3H7BO2/c11-9-4-10(13)8(6-1-2-6)3-7(9)5-12;8-5-1-4(3-10)6(9)2-7(5)11;5-4(6)3-1-2-3/h3-4,6H,1-2,13H2;1-2H,11H2;3,5-6H,1-2H2. The lowest BCUT2D eigenvalue weighted by molar-refractivity contribution is 0.403. The van der Waals surface area contributed by atoms with Gasteiger partial charge in [-0.1, -0.05) is 12.8 Å². The van der Waals surface area contributed by atoms with Gasteiger partial charge in [-0.15, -0.1) is 0 Å². The quantitative estimate of drug-likeness (QED) is 0.383. The van der Waals surface area contributed by atoms with Crippen molar-refractivity contribution in [3.8, 4) is 12.1 Å². The molecule has 2 aromatic rings. The SMILES string of the molecule is N#Cc1cc(Br)c(N)cc1F.N#Cc1cc(C2CC2)c(N)cc1F.OB(O)C1CC1. The average molecular weight is 477 g/mol. The summed E-state index contributed by atoms with van der Waals surface area (Å²) < 4.78 is 26.3. The van der Waals surface area contributed by atoms with E-state index in [0.29, 0.717) is 21.8 Å². The molecule has 2 saturated carbocycles. The third-order valence-corrected chi connectivity index (χ3v) is 5.25.